The summed E-state index contributed by atoms with van der Waals surface area (Å²) in [5, 5.41) is 0.886. The van der Waals surface area contributed by atoms with Crippen molar-refractivity contribution < 1.29 is 4.74 Å². The van der Waals surface area contributed by atoms with Crippen molar-refractivity contribution >= 4 is 28.9 Å². The number of nitrogens with zero attached hydrogens (tertiary/aromatic N) is 2. The molecule has 5 heteroatoms. The second-order valence-corrected chi connectivity index (χ2v) is 4.70. The summed E-state index contributed by atoms with van der Waals surface area (Å²) in [4.78, 5) is 4.42. The Bertz CT molecular complexity index is 825. The van der Waals surface area contributed by atoms with Gasteiger partial charge in [-0.2, -0.15) is 0 Å². The third kappa shape index (κ3) is 2.02. The normalized spacial score (nSPS) is 10.7. The highest BCUT2D eigenvalue weighted by Gasteiger charge is 2.08. The van der Waals surface area contributed by atoms with Gasteiger partial charge in [-0.3, -0.25) is 4.57 Å². The lowest BCUT2D eigenvalue weighted by Gasteiger charge is -2.13. The van der Waals surface area contributed by atoms with E-state index in [2.05, 4.69) is 4.98 Å². The minimum Gasteiger partial charge on any atom is -0.497 e. The molecule has 0 saturated carbocycles. The smallest absolute Gasteiger partial charge is 0.206 e. The molecule has 2 N–H and O–H groups in total. The van der Waals surface area contributed by atoms with E-state index >= 15 is 0 Å². The zero-order valence-electron chi connectivity index (χ0n) is 10.9. The van der Waals surface area contributed by atoms with Crippen molar-refractivity contribution in [3.05, 3.63) is 53.3 Å². The van der Waals surface area contributed by atoms with Gasteiger partial charge in [-0.25, -0.2) is 4.98 Å². The topological polar surface area (TPSA) is 53.1 Å². The van der Waals surface area contributed by atoms with Crippen LogP contribution < -0.4 is 10.5 Å². The molecule has 0 unspecified atom stereocenters. The minimum absolute atomic E-state index is 0.436. The second kappa shape index (κ2) is 4.94. The Labute approximate surface area is 121 Å². The molecule has 1 aromatic heterocycles. The zero-order chi connectivity index (χ0) is 14.1. The highest BCUT2D eigenvalue weighted by Crippen LogP contribution is 2.24. The minimum atomic E-state index is 0.436. The molecule has 0 radical (unpaired) electrons. The Morgan fingerprint density at radius 3 is 2.50 bits per heavy atom. The maximum atomic E-state index is 6.25. The molecular weight excluding hydrogens is 270 g/mol. The lowest BCUT2D eigenvalue weighted by molar-refractivity contribution is 0.414. The zero-order valence-corrected chi connectivity index (χ0v) is 11.7. The van der Waals surface area contributed by atoms with Gasteiger partial charge < -0.3 is 10.5 Å². The third-order valence-electron chi connectivity index (χ3n) is 3.16. The van der Waals surface area contributed by atoms with Crippen molar-refractivity contribution in [1.82, 2.24) is 9.55 Å². The molecule has 0 aliphatic rings. The monoisotopic (exact) mass is 283 g/mol. The Balaban J connectivity index is 2.27. The van der Waals surface area contributed by atoms with E-state index in [1.165, 1.54) is 0 Å². The molecule has 100 valence electrons. The fraction of sp³-hybridized carbons (Fsp3) is 0.0667. The van der Waals surface area contributed by atoms with Crippen LogP contribution in [0.5, 0.6) is 5.75 Å². The quantitative estimate of drug-likeness (QED) is 0.733. The summed E-state index contributed by atoms with van der Waals surface area (Å²) in [6.45, 7) is 0. The fourth-order valence-corrected chi connectivity index (χ4v) is 2.45. The van der Waals surface area contributed by atoms with Gasteiger partial charge in [-0.15, -0.1) is 0 Å². The van der Waals surface area contributed by atoms with Crippen molar-refractivity contribution in [2.75, 3.05) is 12.8 Å². The van der Waals surface area contributed by atoms with Crippen molar-refractivity contribution in [3.63, 3.8) is 0 Å². The van der Waals surface area contributed by atoms with Crippen LogP contribution in [0, 0.1) is 4.77 Å². The summed E-state index contributed by atoms with van der Waals surface area (Å²) in [7, 11) is 1.63. The maximum Gasteiger partial charge on any atom is 0.206 e. The van der Waals surface area contributed by atoms with Crippen LogP contribution in [0.2, 0.25) is 0 Å². The summed E-state index contributed by atoms with van der Waals surface area (Å²) >= 11 is 5.35. The van der Waals surface area contributed by atoms with Crippen LogP contribution in [-0.4, -0.2) is 16.7 Å². The molecular formula is C15H13N3OS. The van der Waals surface area contributed by atoms with Crippen LogP contribution in [0.3, 0.4) is 0 Å². The van der Waals surface area contributed by atoms with Crippen molar-refractivity contribution in [2.45, 2.75) is 0 Å². The lowest BCUT2D eigenvalue weighted by Crippen LogP contribution is -2.07. The van der Waals surface area contributed by atoms with Crippen LogP contribution in [-0.2, 0) is 0 Å². The number of benzene rings is 2. The van der Waals surface area contributed by atoms with E-state index in [0.717, 1.165) is 22.3 Å². The van der Waals surface area contributed by atoms with Crippen LogP contribution >= 0.6 is 12.2 Å². The van der Waals surface area contributed by atoms with Gasteiger partial charge in [0.2, 0.25) is 4.77 Å². The molecule has 3 aromatic rings. The van der Waals surface area contributed by atoms with Gasteiger partial charge in [0.1, 0.15) is 11.6 Å². The number of aromatic nitrogens is 2. The number of fused-ring (bicyclic) bond motifs is 1. The Kier molecular flexibility index (Phi) is 3.12. The predicted octanol–water partition coefficient (Wildman–Crippen LogP) is 3.35. The second-order valence-electron chi connectivity index (χ2n) is 4.33. The van der Waals surface area contributed by atoms with E-state index in [9.17, 15) is 0 Å². The highest BCUT2D eigenvalue weighted by molar-refractivity contribution is 7.71. The summed E-state index contributed by atoms with van der Waals surface area (Å²) in [6.07, 6.45) is 0. The van der Waals surface area contributed by atoms with E-state index in [-0.39, 0.29) is 0 Å². The molecule has 0 atom stereocenters. The largest absolute Gasteiger partial charge is 0.497 e. The number of rotatable bonds is 2. The Morgan fingerprint density at radius 1 is 1.10 bits per heavy atom. The van der Waals surface area contributed by atoms with Crippen molar-refractivity contribution in [1.29, 1.82) is 0 Å². The third-order valence-corrected chi connectivity index (χ3v) is 3.43. The average Bonchev–Trinajstić information content (AvgIpc) is 2.48. The van der Waals surface area contributed by atoms with Crippen LogP contribution in [0.15, 0.2) is 48.5 Å². The van der Waals surface area contributed by atoms with Crippen LogP contribution in [0.1, 0.15) is 0 Å². The molecule has 4 nitrogen and oxygen atoms in total. The Morgan fingerprint density at radius 2 is 1.80 bits per heavy atom. The van der Waals surface area contributed by atoms with Crippen LogP contribution in [0.25, 0.3) is 16.6 Å². The number of nitrogens with two attached hydrogens (primary N) is 1. The first-order valence-corrected chi connectivity index (χ1v) is 6.53. The Hall–Kier alpha value is -2.40. The summed E-state index contributed by atoms with van der Waals surface area (Å²) in [6, 6.07) is 15.2. The first-order chi connectivity index (χ1) is 9.70. The summed E-state index contributed by atoms with van der Waals surface area (Å²) in [5.41, 5.74) is 7.92. The molecule has 0 bridgehead atoms. The van der Waals surface area contributed by atoms with Gasteiger partial charge >= 0.3 is 0 Å². The van der Waals surface area contributed by atoms with Gasteiger partial charge in [0.15, 0.2) is 0 Å². The number of ether oxygens (including phenoxy) is 1. The molecule has 0 saturated heterocycles. The number of anilines is 1. The SMILES string of the molecule is COc1ccc(-n2c(N)c3ccccc3nc2=S)cc1. The molecule has 0 amide bonds. The van der Waals surface area contributed by atoms with Gasteiger partial charge in [0.25, 0.3) is 0 Å². The molecule has 0 fully saturated rings. The van der Waals surface area contributed by atoms with Gasteiger partial charge in [0.05, 0.1) is 18.3 Å². The number of para-hydroxylation sites is 1. The maximum absolute atomic E-state index is 6.25. The highest BCUT2D eigenvalue weighted by atomic mass is 32.1. The molecule has 0 spiro atoms. The van der Waals surface area contributed by atoms with E-state index in [1.807, 2.05) is 48.5 Å². The predicted molar refractivity (Wildman–Crippen MR) is 82.9 cm³/mol. The van der Waals surface area contributed by atoms with Gasteiger partial charge in [-0.05, 0) is 48.6 Å². The molecule has 0 aliphatic carbocycles. The fourth-order valence-electron chi connectivity index (χ4n) is 2.15. The van der Waals surface area contributed by atoms with Crippen molar-refractivity contribution in [2.24, 2.45) is 0 Å². The van der Waals surface area contributed by atoms with E-state index in [4.69, 9.17) is 22.7 Å². The number of hydrogen-bond donors (Lipinski definition) is 1. The summed E-state index contributed by atoms with van der Waals surface area (Å²) in [5.74, 6) is 1.37. The molecule has 3 rings (SSSR count). The summed E-state index contributed by atoms with van der Waals surface area (Å²) < 4.78 is 7.35. The van der Waals surface area contributed by atoms with Gasteiger partial charge in [0, 0.05) is 5.39 Å². The molecule has 0 aliphatic heterocycles. The standard InChI is InChI=1S/C15H13N3OS/c1-19-11-8-6-10(7-9-11)18-14(16)12-4-2-3-5-13(12)17-15(18)20/h2-9H,16H2,1H3. The van der Waals surface area contributed by atoms with Crippen molar-refractivity contribution in [3.8, 4) is 11.4 Å². The molecule has 2 aromatic carbocycles. The number of hydrogen-bond acceptors (Lipinski definition) is 4. The molecule has 20 heavy (non-hydrogen) atoms. The van der Waals surface area contributed by atoms with E-state index in [1.54, 1.807) is 11.7 Å². The first kappa shape index (κ1) is 12.6. The number of nitrogen functional groups attached to an aromatic ring is 1. The first-order valence-electron chi connectivity index (χ1n) is 6.12. The van der Waals surface area contributed by atoms with E-state index < -0.39 is 0 Å². The van der Waals surface area contributed by atoms with E-state index in [0.29, 0.717) is 10.6 Å². The molecule has 1 heterocycles. The van der Waals surface area contributed by atoms with Gasteiger partial charge in [-0.1, -0.05) is 12.1 Å². The van der Waals surface area contributed by atoms with Crippen LogP contribution in [0.4, 0.5) is 5.82 Å². The lowest BCUT2D eigenvalue weighted by atomic mass is 10.2. The number of methoxy groups -OCH3 is 1. The average molecular weight is 283 g/mol.